The summed E-state index contributed by atoms with van der Waals surface area (Å²) in [5, 5.41) is 6.89. The molecule has 2 N–H and O–H groups in total. The van der Waals surface area contributed by atoms with Crippen LogP contribution in [0.5, 0.6) is 5.75 Å². The number of hydrogen-bond acceptors (Lipinski definition) is 2. The second kappa shape index (κ2) is 7.01. The first-order valence-corrected chi connectivity index (χ1v) is 6.29. The highest BCUT2D eigenvalue weighted by atomic mass is 32.1. The molecule has 0 saturated carbocycles. The Labute approximate surface area is 114 Å². The number of nitrogens with one attached hydrogen (secondary N) is 2. The van der Waals surface area contributed by atoms with Crippen LogP contribution >= 0.6 is 12.2 Å². The van der Waals surface area contributed by atoms with E-state index in [-0.39, 0.29) is 6.04 Å². The van der Waals surface area contributed by atoms with E-state index in [9.17, 15) is 0 Å². The van der Waals surface area contributed by atoms with E-state index in [4.69, 9.17) is 17.0 Å². The fraction of sp³-hybridized carbons (Fsp3) is 0.357. The molecule has 0 aliphatic heterocycles. The van der Waals surface area contributed by atoms with Crippen LogP contribution in [-0.2, 0) is 0 Å². The predicted octanol–water partition coefficient (Wildman–Crippen LogP) is 2.71. The molecule has 1 atom stereocenters. The Balaban J connectivity index is 2.76. The minimum atomic E-state index is 0.0877. The highest BCUT2D eigenvalue weighted by molar-refractivity contribution is 7.80. The maximum atomic E-state index is 5.36. The number of ether oxygens (including phenoxy) is 1. The van der Waals surface area contributed by atoms with E-state index in [1.165, 1.54) is 5.56 Å². The third-order valence-electron chi connectivity index (χ3n) is 2.61. The van der Waals surface area contributed by atoms with Gasteiger partial charge >= 0.3 is 0 Å². The molecule has 98 valence electrons. The second-order valence-corrected chi connectivity index (χ2v) is 4.52. The van der Waals surface area contributed by atoms with E-state index in [1.807, 2.05) is 12.1 Å². The molecule has 0 fully saturated rings. The number of hydrogen-bond donors (Lipinski definition) is 2. The second-order valence-electron chi connectivity index (χ2n) is 4.11. The molecule has 1 rings (SSSR count). The van der Waals surface area contributed by atoms with Crippen molar-refractivity contribution in [3.63, 3.8) is 0 Å². The molecule has 0 heterocycles. The highest BCUT2D eigenvalue weighted by Crippen LogP contribution is 2.25. The predicted molar refractivity (Wildman–Crippen MR) is 80.1 cm³/mol. The average Bonchev–Trinajstić information content (AvgIpc) is 2.36. The third-order valence-corrected chi connectivity index (χ3v) is 2.87. The van der Waals surface area contributed by atoms with Crippen molar-refractivity contribution in [1.29, 1.82) is 0 Å². The van der Waals surface area contributed by atoms with Gasteiger partial charge in [0.2, 0.25) is 0 Å². The Morgan fingerprint density at radius 1 is 1.56 bits per heavy atom. The fourth-order valence-electron chi connectivity index (χ4n) is 1.68. The summed E-state index contributed by atoms with van der Waals surface area (Å²) < 4.78 is 5.36. The Kier molecular flexibility index (Phi) is 5.65. The molecule has 0 saturated heterocycles. The summed E-state index contributed by atoms with van der Waals surface area (Å²) in [5.41, 5.74) is 2.30. The zero-order valence-corrected chi connectivity index (χ0v) is 11.9. The van der Waals surface area contributed by atoms with Crippen LogP contribution in [-0.4, -0.2) is 18.8 Å². The first kappa shape index (κ1) is 14.5. The van der Waals surface area contributed by atoms with Crippen LogP contribution in [0, 0.1) is 6.92 Å². The van der Waals surface area contributed by atoms with E-state index < -0.39 is 0 Å². The molecule has 3 nitrogen and oxygen atoms in total. The maximum absolute atomic E-state index is 5.36. The van der Waals surface area contributed by atoms with Crippen molar-refractivity contribution in [1.82, 2.24) is 10.6 Å². The largest absolute Gasteiger partial charge is 0.496 e. The van der Waals surface area contributed by atoms with Gasteiger partial charge < -0.3 is 15.4 Å². The van der Waals surface area contributed by atoms with Crippen LogP contribution in [0.25, 0.3) is 0 Å². The molecule has 4 heteroatoms. The summed E-state index contributed by atoms with van der Waals surface area (Å²) in [6, 6.07) is 6.20. The molecular weight excluding hydrogens is 244 g/mol. The van der Waals surface area contributed by atoms with Gasteiger partial charge in [-0.1, -0.05) is 23.8 Å². The van der Waals surface area contributed by atoms with Crippen molar-refractivity contribution in [3.8, 4) is 5.75 Å². The zero-order valence-electron chi connectivity index (χ0n) is 11.1. The topological polar surface area (TPSA) is 33.3 Å². The summed E-state index contributed by atoms with van der Waals surface area (Å²) in [7, 11) is 1.68. The summed E-state index contributed by atoms with van der Waals surface area (Å²) in [4.78, 5) is 0. The normalized spacial score (nSPS) is 11.5. The van der Waals surface area contributed by atoms with Crippen molar-refractivity contribution in [2.24, 2.45) is 0 Å². The molecular formula is C14H20N2OS. The third kappa shape index (κ3) is 4.04. The van der Waals surface area contributed by atoms with Crippen LogP contribution in [0.2, 0.25) is 0 Å². The lowest BCUT2D eigenvalue weighted by molar-refractivity contribution is 0.405. The lowest BCUT2D eigenvalue weighted by Gasteiger charge is -2.19. The van der Waals surface area contributed by atoms with Gasteiger partial charge in [0.25, 0.3) is 0 Å². The quantitative estimate of drug-likeness (QED) is 0.633. The van der Waals surface area contributed by atoms with Gasteiger partial charge in [-0.05, 0) is 32.1 Å². The van der Waals surface area contributed by atoms with Crippen LogP contribution in [0.3, 0.4) is 0 Å². The molecule has 1 aromatic carbocycles. The van der Waals surface area contributed by atoms with Crippen molar-refractivity contribution < 1.29 is 4.74 Å². The summed E-state index contributed by atoms with van der Waals surface area (Å²) in [6.45, 7) is 8.41. The smallest absolute Gasteiger partial charge is 0.167 e. The van der Waals surface area contributed by atoms with Gasteiger partial charge in [-0.2, -0.15) is 0 Å². The molecule has 0 radical (unpaired) electrons. The standard InChI is InChI=1S/C14H20N2OS/c1-5-8-15-14(18)16-11(3)12-9-10(2)6-7-13(12)17-4/h5-7,9,11H,1,8H2,2-4H3,(H2,15,16,18)/t11-/m1/s1. The molecule has 1 aromatic rings. The number of methoxy groups -OCH3 is 1. The zero-order chi connectivity index (χ0) is 13.5. The van der Waals surface area contributed by atoms with Crippen molar-refractivity contribution in [2.75, 3.05) is 13.7 Å². The van der Waals surface area contributed by atoms with Gasteiger partial charge in [0.05, 0.1) is 13.2 Å². The molecule has 0 unspecified atom stereocenters. The van der Waals surface area contributed by atoms with Gasteiger partial charge in [-0.3, -0.25) is 0 Å². The highest BCUT2D eigenvalue weighted by Gasteiger charge is 2.12. The minimum Gasteiger partial charge on any atom is -0.496 e. The Hall–Kier alpha value is -1.55. The molecule has 18 heavy (non-hydrogen) atoms. The van der Waals surface area contributed by atoms with E-state index in [1.54, 1.807) is 13.2 Å². The van der Waals surface area contributed by atoms with Gasteiger partial charge in [0.1, 0.15) is 5.75 Å². The SMILES string of the molecule is C=CCNC(=S)N[C@H](C)c1cc(C)ccc1OC. The lowest BCUT2D eigenvalue weighted by Crippen LogP contribution is -2.36. The van der Waals surface area contributed by atoms with Crippen LogP contribution in [0.15, 0.2) is 30.9 Å². The molecule has 0 aliphatic carbocycles. The van der Waals surface area contributed by atoms with Gasteiger partial charge in [-0.15, -0.1) is 6.58 Å². The maximum Gasteiger partial charge on any atom is 0.167 e. The van der Waals surface area contributed by atoms with Crippen molar-refractivity contribution in [3.05, 3.63) is 42.0 Å². The average molecular weight is 264 g/mol. The van der Waals surface area contributed by atoms with E-state index in [0.29, 0.717) is 11.7 Å². The lowest BCUT2D eigenvalue weighted by atomic mass is 10.0. The number of aryl methyl sites for hydroxylation is 1. The minimum absolute atomic E-state index is 0.0877. The van der Waals surface area contributed by atoms with Gasteiger partial charge in [0, 0.05) is 12.1 Å². The Bertz CT molecular complexity index is 432. The van der Waals surface area contributed by atoms with Gasteiger partial charge in [0.15, 0.2) is 5.11 Å². The molecule has 0 bridgehead atoms. The Morgan fingerprint density at radius 3 is 2.89 bits per heavy atom. The summed E-state index contributed by atoms with van der Waals surface area (Å²) in [5.74, 6) is 0.868. The van der Waals surface area contributed by atoms with Crippen molar-refractivity contribution in [2.45, 2.75) is 19.9 Å². The molecule has 0 amide bonds. The molecule has 0 spiro atoms. The van der Waals surface area contributed by atoms with Crippen LogP contribution in [0.4, 0.5) is 0 Å². The number of thiocarbonyl (C=S) groups is 1. The van der Waals surface area contributed by atoms with E-state index >= 15 is 0 Å². The summed E-state index contributed by atoms with van der Waals surface area (Å²) in [6.07, 6.45) is 1.77. The van der Waals surface area contributed by atoms with E-state index in [2.05, 4.69) is 37.1 Å². The van der Waals surface area contributed by atoms with Crippen molar-refractivity contribution >= 4 is 17.3 Å². The Morgan fingerprint density at radius 2 is 2.28 bits per heavy atom. The van der Waals surface area contributed by atoms with E-state index in [0.717, 1.165) is 11.3 Å². The first-order valence-electron chi connectivity index (χ1n) is 5.88. The number of rotatable bonds is 5. The van der Waals surface area contributed by atoms with Gasteiger partial charge in [-0.25, -0.2) is 0 Å². The molecule has 0 aliphatic rings. The fourth-order valence-corrected chi connectivity index (χ4v) is 1.94. The van der Waals surface area contributed by atoms with Crippen LogP contribution in [0.1, 0.15) is 24.1 Å². The van der Waals surface area contributed by atoms with Crippen LogP contribution < -0.4 is 15.4 Å². The monoisotopic (exact) mass is 264 g/mol. The molecule has 0 aromatic heterocycles. The first-order chi connectivity index (χ1) is 8.58. The summed E-state index contributed by atoms with van der Waals surface area (Å²) >= 11 is 5.20. The number of benzene rings is 1.